The number of fused-ring (bicyclic) bond motifs is 1. The molecule has 0 atom stereocenters. The van der Waals surface area contributed by atoms with Crippen LogP contribution >= 0.6 is 0 Å². The van der Waals surface area contributed by atoms with Gasteiger partial charge in [-0.1, -0.05) is 30.3 Å². The highest BCUT2D eigenvalue weighted by Gasteiger charge is 2.23. The van der Waals surface area contributed by atoms with Gasteiger partial charge >= 0.3 is 5.97 Å². The lowest BCUT2D eigenvalue weighted by Crippen LogP contribution is -2.12. The molecule has 0 saturated carbocycles. The van der Waals surface area contributed by atoms with Gasteiger partial charge in [-0.3, -0.25) is 0 Å². The summed E-state index contributed by atoms with van der Waals surface area (Å²) in [6, 6.07) is 13.1. The number of aliphatic carboxylic acids is 1. The molecule has 2 aromatic carbocycles. The Bertz CT molecular complexity index is 874. The van der Waals surface area contributed by atoms with Gasteiger partial charge in [0, 0.05) is 17.2 Å². The third kappa shape index (κ3) is 2.93. The van der Waals surface area contributed by atoms with Crippen LogP contribution in [0.1, 0.15) is 16.7 Å². The van der Waals surface area contributed by atoms with Gasteiger partial charge in [0.25, 0.3) is 0 Å². The SMILES string of the molecule is Cc1c(OCC(=O)O)ccc2c1OC(=C=O)C=C2c1ccccc1. The number of ether oxygens (including phenoxy) is 2. The lowest BCUT2D eigenvalue weighted by molar-refractivity contribution is -0.139. The molecule has 24 heavy (non-hydrogen) atoms. The van der Waals surface area contributed by atoms with Gasteiger partial charge in [0.2, 0.25) is 5.76 Å². The number of carbonyl (C=O) groups is 1. The fourth-order valence-corrected chi connectivity index (χ4v) is 2.57. The predicted molar refractivity (Wildman–Crippen MR) is 87.7 cm³/mol. The number of carbonyl (C=O) groups excluding carboxylic acids is 1. The number of benzene rings is 2. The minimum absolute atomic E-state index is 0.0693. The Kier molecular flexibility index (Phi) is 4.18. The number of rotatable bonds is 4. The maximum Gasteiger partial charge on any atom is 0.341 e. The molecule has 5 nitrogen and oxygen atoms in total. The van der Waals surface area contributed by atoms with E-state index in [1.807, 2.05) is 30.3 Å². The summed E-state index contributed by atoms with van der Waals surface area (Å²) in [6.45, 7) is 1.31. The number of hydrogen-bond acceptors (Lipinski definition) is 4. The molecule has 0 spiro atoms. The van der Waals surface area contributed by atoms with E-state index >= 15 is 0 Å². The quantitative estimate of drug-likeness (QED) is 0.876. The molecule has 1 aliphatic heterocycles. The van der Waals surface area contributed by atoms with Crippen LogP contribution in [0.5, 0.6) is 11.5 Å². The summed E-state index contributed by atoms with van der Waals surface area (Å²) in [6.07, 6.45) is 1.64. The van der Waals surface area contributed by atoms with Crippen LogP contribution in [-0.4, -0.2) is 23.6 Å². The zero-order valence-electron chi connectivity index (χ0n) is 12.9. The Hall–Kier alpha value is -3.30. The van der Waals surface area contributed by atoms with Gasteiger partial charge in [0.1, 0.15) is 11.5 Å². The van der Waals surface area contributed by atoms with E-state index in [1.165, 1.54) is 0 Å². The Labute approximate surface area is 138 Å². The molecular weight excluding hydrogens is 308 g/mol. The summed E-state index contributed by atoms with van der Waals surface area (Å²) < 4.78 is 10.9. The molecule has 0 fully saturated rings. The zero-order valence-corrected chi connectivity index (χ0v) is 12.9. The largest absolute Gasteiger partial charge is 0.481 e. The van der Waals surface area contributed by atoms with E-state index in [4.69, 9.17) is 14.6 Å². The standard InChI is InChI=1S/C19H14O5/c1-12-17(23-11-18(21)22)8-7-15-16(13-5-3-2-4-6-13)9-14(10-20)24-19(12)15/h2-9H,11H2,1H3,(H,21,22). The molecule has 1 heterocycles. The summed E-state index contributed by atoms with van der Waals surface area (Å²) in [4.78, 5) is 21.8. The first-order valence-corrected chi connectivity index (χ1v) is 7.29. The van der Waals surface area contributed by atoms with Gasteiger partial charge in [0.15, 0.2) is 12.5 Å². The smallest absolute Gasteiger partial charge is 0.341 e. The normalized spacial score (nSPS) is 12.5. The maximum atomic E-state index is 11.1. The molecule has 0 unspecified atom stereocenters. The molecule has 3 rings (SSSR count). The van der Waals surface area contributed by atoms with Crippen LogP contribution in [0.4, 0.5) is 0 Å². The lowest BCUT2D eigenvalue weighted by Gasteiger charge is -2.22. The third-order valence-electron chi connectivity index (χ3n) is 3.67. The van der Waals surface area contributed by atoms with Crippen LogP contribution < -0.4 is 9.47 Å². The molecule has 5 heteroatoms. The molecule has 120 valence electrons. The molecule has 0 radical (unpaired) electrons. The first-order chi connectivity index (χ1) is 11.6. The van der Waals surface area contributed by atoms with Crippen LogP contribution in [0.2, 0.25) is 0 Å². The highest BCUT2D eigenvalue weighted by atomic mass is 16.5. The first-order valence-electron chi connectivity index (χ1n) is 7.29. The van der Waals surface area contributed by atoms with Gasteiger partial charge in [-0.15, -0.1) is 0 Å². The van der Waals surface area contributed by atoms with Crippen molar-refractivity contribution in [1.29, 1.82) is 0 Å². The molecule has 0 amide bonds. The minimum Gasteiger partial charge on any atom is -0.481 e. The zero-order chi connectivity index (χ0) is 17.1. The Morgan fingerprint density at radius 3 is 2.62 bits per heavy atom. The van der Waals surface area contributed by atoms with Gasteiger partial charge in [-0.2, -0.15) is 0 Å². The second kappa shape index (κ2) is 6.44. The van der Waals surface area contributed by atoms with E-state index in [0.29, 0.717) is 17.1 Å². The van der Waals surface area contributed by atoms with Crippen molar-refractivity contribution in [2.24, 2.45) is 0 Å². The summed E-state index contributed by atoms with van der Waals surface area (Å²) in [5.41, 5.74) is 3.21. The third-order valence-corrected chi connectivity index (χ3v) is 3.67. The predicted octanol–water partition coefficient (Wildman–Crippen LogP) is 3.00. The lowest BCUT2D eigenvalue weighted by atomic mass is 9.93. The molecule has 1 aliphatic rings. The van der Waals surface area contributed by atoms with E-state index in [1.54, 1.807) is 31.1 Å². The van der Waals surface area contributed by atoms with Crippen LogP contribution in [-0.2, 0) is 9.59 Å². The molecule has 0 bridgehead atoms. The van der Waals surface area contributed by atoms with Crippen molar-refractivity contribution in [1.82, 2.24) is 0 Å². The van der Waals surface area contributed by atoms with Crippen molar-refractivity contribution in [2.75, 3.05) is 6.61 Å². The van der Waals surface area contributed by atoms with Gasteiger partial charge < -0.3 is 14.6 Å². The fraction of sp³-hybridized carbons (Fsp3) is 0.105. The van der Waals surface area contributed by atoms with Crippen LogP contribution in [0.25, 0.3) is 5.57 Å². The van der Waals surface area contributed by atoms with E-state index in [9.17, 15) is 9.59 Å². The van der Waals surface area contributed by atoms with E-state index in [2.05, 4.69) is 0 Å². The minimum atomic E-state index is -1.06. The Balaban J connectivity index is 2.10. The van der Waals surface area contributed by atoms with Crippen LogP contribution in [0.15, 0.2) is 54.3 Å². The maximum absolute atomic E-state index is 11.1. The van der Waals surface area contributed by atoms with Crippen LogP contribution in [0.3, 0.4) is 0 Å². The highest BCUT2D eigenvalue weighted by molar-refractivity contribution is 5.88. The van der Waals surface area contributed by atoms with Crippen molar-refractivity contribution in [3.8, 4) is 11.5 Å². The topological polar surface area (TPSA) is 72.8 Å². The summed E-state index contributed by atoms with van der Waals surface area (Å²) >= 11 is 0. The van der Waals surface area contributed by atoms with E-state index in [-0.39, 0.29) is 5.76 Å². The summed E-state index contributed by atoms with van der Waals surface area (Å²) in [7, 11) is 0. The second-order valence-corrected chi connectivity index (χ2v) is 5.24. The van der Waals surface area contributed by atoms with Crippen molar-refractivity contribution in [3.63, 3.8) is 0 Å². The molecule has 2 aromatic rings. The number of carboxylic acid groups (broad SMARTS) is 1. The first kappa shape index (κ1) is 15.6. The summed E-state index contributed by atoms with van der Waals surface area (Å²) in [5.74, 6) is 1.65. The highest BCUT2D eigenvalue weighted by Crippen LogP contribution is 2.41. The molecule has 1 N–H and O–H groups in total. The van der Waals surface area contributed by atoms with E-state index < -0.39 is 12.6 Å². The number of hydrogen-bond donors (Lipinski definition) is 1. The second-order valence-electron chi connectivity index (χ2n) is 5.24. The number of carboxylic acids is 1. The molecular formula is C19H14O5. The number of allylic oxidation sites excluding steroid dienone is 1. The molecule has 0 saturated heterocycles. The average Bonchev–Trinajstić information content (AvgIpc) is 2.61. The van der Waals surface area contributed by atoms with Crippen molar-refractivity contribution in [3.05, 3.63) is 71.0 Å². The van der Waals surface area contributed by atoms with Gasteiger partial charge in [0.05, 0.1) is 0 Å². The Morgan fingerprint density at radius 2 is 1.96 bits per heavy atom. The average molecular weight is 322 g/mol. The fourth-order valence-electron chi connectivity index (χ4n) is 2.57. The molecule has 0 aliphatic carbocycles. The Morgan fingerprint density at radius 1 is 1.21 bits per heavy atom. The van der Waals surface area contributed by atoms with E-state index in [0.717, 1.165) is 16.7 Å². The van der Waals surface area contributed by atoms with Gasteiger partial charge in [-0.05, 0) is 30.2 Å². The van der Waals surface area contributed by atoms with Crippen molar-refractivity contribution >= 4 is 17.5 Å². The monoisotopic (exact) mass is 322 g/mol. The summed E-state index contributed by atoms with van der Waals surface area (Å²) in [5, 5.41) is 8.75. The van der Waals surface area contributed by atoms with Crippen LogP contribution in [0, 0.1) is 6.92 Å². The van der Waals surface area contributed by atoms with Gasteiger partial charge in [-0.25, -0.2) is 9.59 Å². The molecule has 0 aromatic heterocycles. The van der Waals surface area contributed by atoms with Crippen molar-refractivity contribution in [2.45, 2.75) is 6.92 Å². The van der Waals surface area contributed by atoms with Crippen molar-refractivity contribution < 1.29 is 24.2 Å².